The molecule has 1 heterocycles. The number of para-hydroxylation sites is 1. The third-order valence-electron chi connectivity index (χ3n) is 11.1. The van der Waals surface area contributed by atoms with E-state index >= 15 is 0 Å². The van der Waals surface area contributed by atoms with E-state index in [-0.39, 0.29) is 43.5 Å². The Morgan fingerprint density at radius 2 is 1.21 bits per heavy atom. The van der Waals surface area contributed by atoms with Crippen molar-refractivity contribution >= 4 is 52.3 Å². The molecule has 0 bridgehead atoms. The van der Waals surface area contributed by atoms with E-state index < -0.39 is 65.7 Å². The molecule has 0 radical (unpaired) electrons. The summed E-state index contributed by atoms with van der Waals surface area (Å²) in [5.74, 6) is -4.18. The Morgan fingerprint density at radius 3 is 1.82 bits per heavy atom. The van der Waals surface area contributed by atoms with Crippen LogP contribution in [0.1, 0.15) is 96.6 Å². The van der Waals surface area contributed by atoms with E-state index in [2.05, 4.69) is 36.6 Å². The minimum atomic E-state index is -1.18. The molecular formula is C45H69N11O6. The molecule has 7 atom stereocenters. The number of hydrogen-bond acceptors (Lipinski definition) is 8. The molecule has 6 amide bonds. The number of H-pyrrole nitrogens is 1. The number of primary amides is 1. The second-order valence-electron chi connectivity index (χ2n) is 16.0. The highest BCUT2D eigenvalue weighted by atomic mass is 16.2. The number of unbranched alkanes of at least 4 members (excludes halogenated alkanes) is 2. The van der Waals surface area contributed by atoms with Crippen molar-refractivity contribution in [3.63, 3.8) is 0 Å². The van der Waals surface area contributed by atoms with Crippen molar-refractivity contribution in [3.8, 4) is 0 Å². The number of nitrogens with one attached hydrogen (secondary N) is 6. The van der Waals surface area contributed by atoms with Crippen molar-refractivity contribution in [2.75, 3.05) is 13.1 Å². The number of guanidine groups is 1. The topological polar surface area (TPSA) is 295 Å². The van der Waals surface area contributed by atoms with Gasteiger partial charge in [-0.3, -0.25) is 33.8 Å². The highest BCUT2D eigenvalue weighted by molar-refractivity contribution is 5.97. The molecule has 62 heavy (non-hydrogen) atoms. The van der Waals surface area contributed by atoms with Crippen LogP contribution in [-0.2, 0) is 41.6 Å². The van der Waals surface area contributed by atoms with Gasteiger partial charge in [0.25, 0.3) is 0 Å². The fraction of sp³-hybridized carbons (Fsp3) is 0.533. The average molecular weight is 860 g/mol. The number of carbonyl (C=O) groups excluding carboxylic acids is 6. The Hall–Kier alpha value is -5.97. The quantitative estimate of drug-likeness (QED) is 0.0290. The van der Waals surface area contributed by atoms with Crippen molar-refractivity contribution in [3.05, 3.63) is 71.9 Å². The Morgan fingerprint density at radius 1 is 0.645 bits per heavy atom. The largest absolute Gasteiger partial charge is 0.370 e. The van der Waals surface area contributed by atoms with E-state index in [1.807, 2.05) is 68.4 Å². The van der Waals surface area contributed by atoms with Gasteiger partial charge in [-0.15, -0.1) is 0 Å². The molecule has 340 valence electrons. The van der Waals surface area contributed by atoms with Gasteiger partial charge in [-0.25, -0.2) is 0 Å². The monoisotopic (exact) mass is 860 g/mol. The highest BCUT2D eigenvalue weighted by Crippen LogP contribution is 2.20. The number of carbonyl (C=O) groups is 6. The number of nitrogens with two attached hydrogens (primary N) is 4. The molecule has 0 unspecified atom stereocenters. The number of hydrogen-bond donors (Lipinski definition) is 10. The summed E-state index contributed by atoms with van der Waals surface area (Å²) in [5.41, 5.74) is 24.6. The molecule has 1 aromatic heterocycles. The van der Waals surface area contributed by atoms with Crippen LogP contribution < -0.4 is 49.5 Å². The maximum absolute atomic E-state index is 14.5. The van der Waals surface area contributed by atoms with Gasteiger partial charge in [0.2, 0.25) is 35.4 Å². The molecule has 2 aromatic carbocycles. The number of aromatic amines is 1. The van der Waals surface area contributed by atoms with Gasteiger partial charge < -0.3 is 54.5 Å². The second-order valence-corrected chi connectivity index (χ2v) is 16.0. The van der Waals surface area contributed by atoms with Gasteiger partial charge >= 0.3 is 0 Å². The number of aliphatic imine (C=N–C) groups is 1. The first-order chi connectivity index (χ1) is 29.7. The molecule has 3 aromatic rings. The van der Waals surface area contributed by atoms with Crippen LogP contribution in [0.3, 0.4) is 0 Å². The van der Waals surface area contributed by atoms with E-state index in [0.29, 0.717) is 58.0 Å². The van der Waals surface area contributed by atoms with E-state index in [0.717, 1.165) is 22.0 Å². The fourth-order valence-electron chi connectivity index (χ4n) is 7.08. The van der Waals surface area contributed by atoms with Crippen molar-refractivity contribution < 1.29 is 28.8 Å². The predicted molar refractivity (Wildman–Crippen MR) is 242 cm³/mol. The molecule has 0 aliphatic rings. The second kappa shape index (κ2) is 26.4. The summed E-state index contributed by atoms with van der Waals surface area (Å²) in [7, 11) is 0. The van der Waals surface area contributed by atoms with E-state index in [4.69, 9.17) is 22.9 Å². The van der Waals surface area contributed by atoms with Gasteiger partial charge in [0, 0.05) is 42.4 Å². The Bertz CT molecular complexity index is 1930. The third-order valence-corrected chi connectivity index (χ3v) is 11.1. The normalized spacial score (nSPS) is 14.5. The lowest BCUT2D eigenvalue weighted by molar-refractivity contribution is -0.135. The molecule has 0 saturated carbocycles. The molecule has 0 saturated heterocycles. The van der Waals surface area contributed by atoms with E-state index in [1.165, 1.54) is 0 Å². The maximum atomic E-state index is 14.5. The van der Waals surface area contributed by atoms with Crippen molar-refractivity contribution in [1.29, 1.82) is 0 Å². The molecule has 0 aliphatic carbocycles. The lowest BCUT2D eigenvalue weighted by atomic mass is 9.97. The van der Waals surface area contributed by atoms with Crippen LogP contribution in [0.4, 0.5) is 0 Å². The zero-order valence-corrected chi connectivity index (χ0v) is 36.7. The van der Waals surface area contributed by atoms with Gasteiger partial charge in [-0.2, -0.15) is 0 Å². The summed E-state index contributed by atoms with van der Waals surface area (Å²) in [5, 5.41) is 15.1. The maximum Gasteiger partial charge on any atom is 0.243 e. The number of aromatic nitrogens is 1. The summed E-state index contributed by atoms with van der Waals surface area (Å²) in [6, 6.07) is 11.3. The first-order valence-corrected chi connectivity index (χ1v) is 21.8. The van der Waals surface area contributed by atoms with Crippen LogP contribution in [0.25, 0.3) is 10.9 Å². The minimum absolute atomic E-state index is 0.0332. The summed E-state index contributed by atoms with van der Waals surface area (Å²) < 4.78 is 0. The lowest BCUT2D eigenvalue weighted by Crippen LogP contribution is -2.60. The van der Waals surface area contributed by atoms with Crippen LogP contribution in [0.15, 0.2) is 65.8 Å². The Labute approximate surface area is 365 Å². The highest BCUT2D eigenvalue weighted by Gasteiger charge is 2.34. The van der Waals surface area contributed by atoms with E-state index in [9.17, 15) is 28.8 Å². The van der Waals surface area contributed by atoms with Crippen LogP contribution in [0, 0.1) is 11.8 Å². The summed E-state index contributed by atoms with van der Waals surface area (Å²) in [6.45, 7) is 8.14. The Kier molecular flexibility index (Phi) is 21.4. The summed E-state index contributed by atoms with van der Waals surface area (Å²) in [4.78, 5) is 89.7. The van der Waals surface area contributed by atoms with Crippen LogP contribution in [0.5, 0.6) is 0 Å². The van der Waals surface area contributed by atoms with Crippen LogP contribution >= 0.6 is 0 Å². The van der Waals surface area contributed by atoms with Gasteiger partial charge in [0.1, 0.15) is 30.2 Å². The summed E-state index contributed by atoms with van der Waals surface area (Å²) in [6.07, 6.45) is 6.47. The zero-order chi connectivity index (χ0) is 45.6. The fourth-order valence-corrected chi connectivity index (χ4v) is 7.08. The van der Waals surface area contributed by atoms with Crippen LogP contribution in [-0.4, -0.2) is 89.7 Å². The number of fused-ring (bicyclic) bond motifs is 1. The molecular weight excluding hydrogens is 791 g/mol. The number of benzene rings is 2. The average Bonchev–Trinajstić information content (AvgIpc) is 3.66. The standard InChI is InChI=1S/C45H69N11O6/c1-5-7-20-34(41(59)54-36(25-30-17-9-8-10-18-30)44(62)56-38(39(47)57)28(3)6-2)53-43(61)37(26-31-27-51-33-21-12-11-19-32(31)33)55-42(60)35(22-13-14-23-46)52-40(58)29(4)16-15-24-50-45(48)49/h8-12,17-19,21,27-29,34-38,51H,5-7,13-16,20,22-26,46H2,1-4H3,(H2,47,57)(H,52,58)(H,53,61)(H,54,59)(H,55,60)(H,56,62)(H4,48,49,50)/t28-,29-,34-,35-,36-,37-,38-/m0/s1. The number of amides is 6. The molecule has 3 rings (SSSR count). The molecule has 0 spiro atoms. The smallest absolute Gasteiger partial charge is 0.243 e. The Balaban J connectivity index is 1.93. The first-order valence-electron chi connectivity index (χ1n) is 21.8. The molecule has 14 N–H and O–H groups in total. The van der Waals surface area contributed by atoms with E-state index in [1.54, 1.807) is 20.0 Å². The minimum Gasteiger partial charge on any atom is -0.370 e. The molecule has 17 heteroatoms. The lowest BCUT2D eigenvalue weighted by Gasteiger charge is -2.28. The van der Waals surface area contributed by atoms with Crippen molar-refractivity contribution in [2.24, 2.45) is 39.8 Å². The molecule has 0 aliphatic heterocycles. The SMILES string of the molecule is CCCC[C@H](NC(=O)[C@H](Cc1c[nH]c2ccccc12)NC(=O)[C@H](CCCCN)NC(=O)[C@@H](C)CCCN=C(N)N)C(=O)N[C@@H](Cc1ccccc1)C(=O)N[C@H](C(N)=O)[C@@H](C)CC. The van der Waals surface area contributed by atoms with Gasteiger partial charge in [-0.05, 0) is 68.2 Å². The zero-order valence-electron chi connectivity index (χ0n) is 36.7. The van der Waals surface area contributed by atoms with Gasteiger partial charge in [-0.1, -0.05) is 95.5 Å². The molecule has 17 nitrogen and oxygen atoms in total. The number of rotatable bonds is 28. The third kappa shape index (κ3) is 16.5. The van der Waals surface area contributed by atoms with Gasteiger partial charge in [0.15, 0.2) is 5.96 Å². The molecule has 0 fully saturated rings. The number of nitrogens with zero attached hydrogens (tertiary/aromatic N) is 1. The van der Waals surface area contributed by atoms with Crippen LogP contribution in [0.2, 0.25) is 0 Å². The first kappa shape index (κ1) is 50.4. The summed E-state index contributed by atoms with van der Waals surface area (Å²) >= 11 is 0. The predicted octanol–water partition coefficient (Wildman–Crippen LogP) is 1.92. The van der Waals surface area contributed by atoms with Crippen molar-refractivity contribution in [1.82, 2.24) is 31.6 Å². The van der Waals surface area contributed by atoms with Gasteiger partial charge in [0.05, 0.1) is 0 Å². The van der Waals surface area contributed by atoms with Crippen molar-refractivity contribution in [2.45, 2.75) is 129 Å².